The second-order valence-corrected chi connectivity index (χ2v) is 6.52. The number of ether oxygens (including phenoxy) is 1. The molecule has 0 unspecified atom stereocenters. The zero-order valence-corrected chi connectivity index (χ0v) is 15.4. The van der Waals surface area contributed by atoms with Crippen LogP contribution in [0.2, 0.25) is 5.02 Å². The number of hydrogen-bond acceptors (Lipinski definition) is 2. The molecule has 28 heavy (non-hydrogen) atoms. The van der Waals surface area contributed by atoms with Crippen molar-refractivity contribution in [2.45, 2.75) is 13.0 Å². The topological polar surface area (TPSA) is 64.4 Å². The zero-order valence-electron chi connectivity index (χ0n) is 14.7. The minimum absolute atomic E-state index is 0.0852. The quantitative estimate of drug-likeness (QED) is 0.556. The van der Waals surface area contributed by atoms with Gasteiger partial charge in [0.2, 0.25) is 0 Å². The predicted octanol–water partition coefficient (Wildman–Crippen LogP) is 5.69. The molecule has 0 bridgehead atoms. The van der Waals surface area contributed by atoms with E-state index in [0.717, 1.165) is 11.1 Å². The van der Waals surface area contributed by atoms with Crippen molar-refractivity contribution in [2.75, 3.05) is 5.32 Å². The summed E-state index contributed by atoms with van der Waals surface area (Å²) < 4.78 is 30.2. The fourth-order valence-corrected chi connectivity index (χ4v) is 3.04. The summed E-state index contributed by atoms with van der Waals surface area (Å²) in [5, 5.41) is 3.00. The van der Waals surface area contributed by atoms with Gasteiger partial charge in [-0.1, -0.05) is 41.9 Å². The molecular weight excluding hydrogens is 386 g/mol. The standard InChI is InChI=1S/C21H17ClF2N2O2/c22-16-3-1-2-15(12-16)18-11-14(6-9-19(18)28-20(23)24)10-13-4-7-17(8-5-13)26-21(25)27/h1-9,11-12,20H,10H2,(H3,25,26,27). The highest BCUT2D eigenvalue weighted by atomic mass is 35.5. The maximum atomic E-state index is 12.8. The van der Waals surface area contributed by atoms with Crippen LogP contribution in [0.5, 0.6) is 5.75 Å². The first kappa shape index (κ1) is 19.6. The van der Waals surface area contributed by atoms with Crippen molar-refractivity contribution in [3.05, 3.63) is 82.9 Å². The lowest BCUT2D eigenvalue weighted by molar-refractivity contribution is -0.0494. The number of alkyl halides is 2. The third-order valence-corrected chi connectivity index (χ3v) is 4.26. The normalized spacial score (nSPS) is 10.7. The summed E-state index contributed by atoms with van der Waals surface area (Å²) in [6.45, 7) is -2.92. The minimum atomic E-state index is -2.92. The van der Waals surface area contributed by atoms with Crippen LogP contribution >= 0.6 is 11.6 Å². The van der Waals surface area contributed by atoms with Gasteiger partial charge in [0.1, 0.15) is 5.75 Å². The van der Waals surface area contributed by atoms with E-state index in [2.05, 4.69) is 10.1 Å². The molecule has 0 saturated carbocycles. The maximum absolute atomic E-state index is 12.8. The van der Waals surface area contributed by atoms with Crippen molar-refractivity contribution in [3.63, 3.8) is 0 Å². The Balaban J connectivity index is 1.90. The third kappa shape index (κ3) is 5.20. The van der Waals surface area contributed by atoms with E-state index in [-0.39, 0.29) is 5.75 Å². The second-order valence-electron chi connectivity index (χ2n) is 6.08. The highest BCUT2D eigenvalue weighted by Crippen LogP contribution is 2.34. The number of halogens is 3. The van der Waals surface area contributed by atoms with Crippen molar-refractivity contribution in [2.24, 2.45) is 5.73 Å². The highest BCUT2D eigenvalue weighted by molar-refractivity contribution is 6.30. The summed E-state index contributed by atoms with van der Waals surface area (Å²) in [6.07, 6.45) is 0.569. The van der Waals surface area contributed by atoms with Crippen LogP contribution in [-0.2, 0) is 6.42 Å². The Morgan fingerprint density at radius 1 is 1.04 bits per heavy atom. The van der Waals surface area contributed by atoms with Gasteiger partial charge in [0.25, 0.3) is 0 Å². The van der Waals surface area contributed by atoms with E-state index in [1.807, 2.05) is 12.1 Å². The number of primary amides is 1. The Morgan fingerprint density at radius 3 is 2.39 bits per heavy atom. The number of rotatable bonds is 6. The van der Waals surface area contributed by atoms with Crippen molar-refractivity contribution in [1.29, 1.82) is 0 Å². The number of nitrogens with two attached hydrogens (primary N) is 1. The minimum Gasteiger partial charge on any atom is -0.434 e. The number of benzene rings is 3. The highest BCUT2D eigenvalue weighted by Gasteiger charge is 2.13. The molecule has 3 rings (SSSR count). The van der Waals surface area contributed by atoms with Gasteiger partial charge in [0.15, 0.2) is 0 Å². The van der Waals surface area contributed by atoms with E-state index >= 15 is 0 Å². The lowest BCUT2D eigenvalue weighted by Gasteiger charge is -2.13. The number of hydrogen-bond donors (Lipinski definition) is 2. The summed E-state index contributed by atoms with van der Waals surface area (Å²) in [4.78, 5) is 10.9. The molecule has 4 nitrogen and oxygen atoms in total. The first-order valence-corrected chi connectivity index (χ1v) is 8.77. The monoisotopic (exact) mass is 402 g/mol. The van der Waals surface area contributed by atoms with Crippen LogP contribution in [0.1, 0.15) is 11.1 Å². The largest absolute Gasteiger partial charge is 0.434 e. The van der Waals surface area contributed by atoms with Gasteiger partial charge in [-0.15, -0.1) is 0 Å². The number of anilines is 1. The van der Waals surface area contributed by atoms with Crippen molar-refractivity contribution in [1.82, 2.24) is 0 Å². The van der Waals surface area contributed by atoms with Gasteiger partial charge < -0.3 is 15.8 Å². The van der Waals surface area contributed by atoms with E-state index in [1.165, 1.54) is 6.07 Å². The number of urea groups is 1. The molecule has 0 saturated heterocycles. The van der Waals surface area contributed by atoms with Crippen LogP contribution < -0.4 is 15.8 Å². The fourth-order valence-electron chi connectivity index (χ4n) is 2.85. The van der Waals surface area contributed by atoms with Gasteiger partial charge in [0.05, 0.1) is 0 Å². The van der Waals surface area contributed by atoms with Gasteiger partial charge in [-0.05, 0) is 59.5 Å². The van der Waals surface area contributed by atoms with Gasteiger partial charge >= 0.3 is 12.6 Å². The Morgan fingerprint density at radius 2 is 1.75 bits per heavy atom. The van der Waals surface area contributed by atoms with Crippen molar-refractivity contribution >= 4 is 23.3 Å². The molecule has 0 radical (unpaired) electrons. The summed E-state index contributed by atoms with van der Waals surface area (Å²) in [5.74, 6) is 0.0852. The second kappa shape index (κ2) is 8.71. The number of nitrogens with one attached hydrogen (secondary N) is 1. The molecule has 3 aromatic carbocycles. The SMILES string of the molecule is NC(=O)Nc1ccc(Cc2ccc(OC(F)F)c(-c3cccc(Cl)c3)c2)cc1. The Bertz CT molecular complexity index is 978. The van der Waals surface area contributed by atoms with Crippen LogP contribution in [-0.4, -0.2) is 12.6 Å². The Hall–Kier alpha value is -3.12. The van der Waals surface area contributed by atoms with E-state index in [4.69, 9.17) is 17.3 Å². The summed E-state index contributed by atoms with van der Waals surface area (Å²) in [6, 6.07) is 18.6. The molecule has 0 atom stereocenters. The fraction of sp³-hybridized carbons (Fsp3) is 0.0952. The molecular formula is C21H17ClF2N2O2. The van der Waals surface area contributed by atoms with Gasteiger partial charge in [-0.3, -0.25) is 0 Å². The molecule has 2 amide bonds. The van der Waals surface area contributed by atoms with E-state index in [9.17, 15) is 13.6 Å². The molecule has 0 aliphatic carbocycles. The lowest BCUT2D eigenvalue weighted by Crippen LogP contribution is -2.19. The maximum Gasteiger partial charge on any atom is 0.387 e. The average molecular weight is 403 g/mol. The molecule has 7 heteroatoms. The van der Waals surface area contributed by atoms with Gasteiger partial charge in [-0.25, -0.2) is 4.79 Å². The average Bonchev–Trinajstić information content (AvgIpc) is 2.64. The third-order valence-electron chi connectivity index (χ3n) is 4.03. The summed E-state index contributed by atoms with van der Waals surface area (Å²) in [7, 11) is 0. The molecule has 0 aromatic heterocycles. The molecule has 3 N–H and O–H groups in total. The van der Waals surface area contributed by atoms with Gasteiger partial charge in [-0.2, -0.15) is 8.78 Å². The van der Waals surface area contributed by atoms with Gasteiger partial charge in [0, 0.05) is 16.3 Å². The van der Waals surface area contributed by atoms with E-state index < -0.39 is 12.6 Å². The van der Waals surface area contributed by atoms with Crippen LogP contribution in [0.4, 0.5) is 19.3 Å². The summed E-state index contributed by atoms with van der Waals surface area (Å²) in [5.41, 5.74) is 8.80. The van der Waals surface area contributed by atoms with Crippen molar-refractivity contribution < 1.29 is 18.3 Å². The van der Waals surface area contributed by atoms with Crippen LogP contribution in [0.15, 0.2) is 66.7 Å². The Labute approximate surface area is 165 Å². The lowest BCUT2D eigenvalue weighted by atomic mass is 9.98. The Kier molecular flexibility index (Phi) is 6.11. The number of carbonyl (C=O) groups excluding carboxylic acids is 1. The molecule has 0 aliphatic rings. The molecule has 0 fully saturated rings. The van der Waals surface area contributed by atoms with Crippen LogP contribution in [0, 0.1) is 0 Å². The smallest absolute Gasteiger partial charge is 0.387 e. The van der Waals surface area contributed by atoms with Crippen LogP contribution in [0.25, 0.3) is 11.1 Å². The van der Waals surface area contributed by atoms with Crippen molar-refractivity contribution in [3.8, 4) is 16.9 Å². The zero-order chi connectivity index (χ0) is 20.1. The first-order valence-electron chi connectivity index (χ1n) is 8.40. The molecule has 144 valence electrons. The number of carbonyl (C=O) groups is 1. The number of amides is 2. The predicted molar refractivity (Wildman–Crippen MR) is 106 cm³/mol. The first-order chi connectivity index (χ1) is 13.4. The van der Waals surface area contributed by atoms with Crippen LogP contribution in [0.3, 0.4) is 0 Å². The molecule has 0 heterocycles. The summed E-state index contributed by atoms with van der Waals surface area (Å²) >= 11 is 6.05. The molecule has 3 aromatic rings. The van der Waals surface area contributed by atoms with E-state index in [1.54, 1.807) is 48.5 Å². The van der Waals surface area contributed by atoms with E-state index in [0.29, 0.717) is 28.3 Å². The molecule has 0 spiro atoms. The molecule has 0 aliphatic heterocycles.